The highest BCUT2D eigenvalue weighted by Gasteiger charge is 2.32. The summed E-state index contributed by atoms with van der Waals surface area (Å²) in [4.78, 5) is 4.29. The third kappa shape index (κ3) is 4.92. The normalized spacial score (nSPS) is 13.0. The Morgan fingerprint density at radius 1 is 1.12 bits per heavy atom. The molecule has 0 spiro atoms. The molecule has 0 bridgehead atoms. The fourth-order valence-corrected chi connectivity index (χ4v) is 4.36. The third-order valence-corrected chi connectivity index (χ3v) is 6.18. The first kappa shape index (κ1) is 23.7. The average molecular weight is 519 g/mol. The van der Waals surface area contributed by atoms with Crippen molar-refractivity contribution in [3.63, 3.8) is 0 Å². The number of alkyl halides is 3. The number of halogens is 5. The maximum absolute atomic E-state index is 13.1. The summed E-state index contributed by atoms with van der Waals surface area (Å²) in [6.07, 6.45) is -3.25. The fourth-order valence-electron chi connectivity index (χ4n) is 2.97. The number of aryl methyl sites for hydroxylation is 1. The predicted octanol–water partition coefficient (Wildman–Crippen LogP) is 4.89. The van der Waals surface area contributed by atoms with E-state index in [1.165, 1.54) is 10.6 Å². The topological polar surface area (TPSA) is 92.8 Å². The summed E-state index contributed by atoms with van der Waals surface area (Å²) in [5.41, 5.74) is 0.880. The molecule has 13 heteroatoms. The van der Waals surface area contributed by atoms with Gasteiger partial charge in [-0.2, -0.15) is 13.2 Å². The SMILES string of the molecule is Cc1cc(-c2nnc(-c3cn4cc(C(F)(F)F)cc(Cl)c4n3)s2)c(Cl)cc1OC[C@@H](O)CO. The molecule has 1 aromatic carbocycles. The van der Waals surface area contributed by atoms with Gasteiger partial charge in [0, 0.05) is 18.0 Å². The Kier molecular flexibility index (Phi) is 6.52. The van der Waals surface area contributed by atoms with E-state index in [9.17, 15) is 18.3 Å². The van der Waals surface area contributed by atoms with Crippen molar-refractivity contribution in [2.45, 2.75) is 19.2 Å². The van der Waals surface area contributed by atoms with Crippen molar-refractivity contribution in [3.8, 4) is 27.0 Å². The van der Waals surface area contributed by atoms with E-state index in [0.717, 1.165) is 29.2 Å². The Balaban J connectivity index is 1.65. The molecule has 4 aromatic rings. The zero-order valence-corrected chi connectivity index (χ0v) is 19.1. The third-order valence-electron chi connectivity index (χ3n) is 4.61. The Morgan fingerprint density at radius 2 is 1.85 bits per heavy atom. The maximum Gasteiger partial charge on any atom is 0.417 e. The number of rotatable bonds is 6. The quantitative estimate of drug-likeness (QED) is 0.377. The van der Waals surface area contributed by atoms with Crippen LogP contribution in [0.1, 0.15) is 11.1 Å². The van der Waals surface area contributed by atoms with Crippen LogP contribution in [0, 0.1) is 6.92 Å². The number of aliphatic hydroxyl groups is 2. The lowest BCUT2D eigenvalue weighted by Gasteiger charge is -2.13. The summed E-state index contributed by atoms with van der Waals surface area (Å²) in [7, 11) is 0. The number of pyridine rings is 1. The standard InChI is InChI=1S/C20H15Cl2F3N4O3S/c1-9-2-12(13(21)4-16(9)32-8-11(31)7-30)18-27-28-19(33-18)15-6-29-5-10(20(23,24)25)3-14(22)17(29)26-15/h2-6,11,30-31H,7-8H2,1H3/t11-/m0/s1. The van der Waals surface area contributed by atoms with E-state index in [1.807, 2.05) is 0 Å². The number of nitrogens with zero attached hydrogens (tertiary/aromatic N) is 4. The van der Waals surface area contributed by atoms with Gasteiger partial charge in [-0.25, -0.2) is 4.98 Å². The molecule has 0 saturated heterocycles. The minimum atomic E-state index is -4.54. The maximum atomic E-state index is 13.1. The molecule has 0 radical (unpaired) electrons. The highest BCUT2D eigenvalue weighted by atomic mass is 35.5. The Hall–Kier alpha value is -2.44. The lowest BCUT2D eigenvalue weighted by atomic mass is 10.1. The lowest BCUT2D eigenvalue weighted by molar-refractivity contribution is -0.137. The van der Waals surface area contributed by atoms with E-state index >= 15 is 0 Å². The number of fused-ring (bicyclic) bond motifs is 1. The molecule has 0 saturated carbocycles. The monoisotopic (exact) mass is 518 g/mol. The predicted molar refractivity (Wildman–Crippen MR) is 118 cm³/mol. The number of benzene rings is 1. The van der Waals surface area contributed by atoms with E-state index in [-0.39, 0.29) is 17.3 Å². The van der Waals surface area contributed by atoms with Gasteiger partial charge in [-0.05, 0) is 30.7 Å². The molecule has 0 aliphatic rings. The fraction of sp³-hybridized carbons (Fsp3) is 0.250. The van der Waals surface area contributed by atoms with Gasteiger partial charge in [0.1, 0.15) is 29.2 Å². The molecule has 2 N–H and O–H groups in total. The molecule has 0 aliphatic carbocycles. The van der Waals surface area contributed by atoms with Gasteiger partial charge in [0.25, 0.3) is 0 Å². The minimum Gasteiger partial charge on any atom is -0.490 e. The molecule has 0 unspecified atom stereocenters. The van der Waals surface area contributed by atoms with Crippen molar-refractivity contribution in [2.24, 2.45) is 0 Å². The van der Waals surface area contributed by atoms with Crippen molar-refractivity contribution in [3.05, 3.63) is 51.8 Å². The number of aliphatic hydroxyl groups excluding tert-OH is 2. The number of imidazole rings is 1. The number of aromatic nitrogens is 4. The van der Waals surface area contributed by atoms with Crippen molar-refractivity contribution in [1.82, 2.24) is 19.6 Å². The van der Waals surface area contributed by atoms with Gasteiger partial charge in [0.15, 0.2) is 10.7 Å². The smallest absolute Gasteiger partial charge is 0.417 e. The molecule has 0 amide bonds. The molecule has 0 aliphatic heterocycles. The number of hydrogen-bond acceptors (Lipinski definition) is 7. The molecule has 33 heavy (non-hydrogen) atoms. The van der Waals surface area contributed by atoms with Crippen LogP contribution in [0.4, 0.5) is 13.2 Å². The number of hydrogen-bond donors (Lipinski definition) is 2. The molecule has 174 valence electrons. The van der Waals surface area contributed by atoms with E-state index in [4.69, 9.17) is 33.0 Å². The van der Waals surface area contributed by atoms with E-state index in [0.29, 0.717) is 32.0 Å². The van der Waals surface area contributed by atoms with Crippen LogP contribution in [0.15, 0.2) is 30.6 Å². The molecule has 3 aromatic heterocycles. The van der Waals surface area contributed by atoms with E-state index < -0.39 is 24.5 Å². The first-order chi connectivity index (χ1) is 15.6. The summed E-state index contributed by atoms with van der Waals surface area (Å²) < 4.78 is 45.9. The van der Waals surface area contributed by atoms with Crippen molar-refractivity contribution in [2.75, 3.05) is 13.2 Å². The van der Waals surface area contributed by atoms with E-state index in [2.05, 4.69) is 15.2 Å². The molecule has 3 heterocycles. The Labute approximate surface area is 199 Å². The summed E-state index contributed by atoms with van der Waals surface area (Å²) >= 11 is 13.6. The first-order valence-corrected chi connectivity index (χ1v) is 11.0. The van der Waals surface area contributed by atoms with Gasteiger partial charge in [0.2, 0.25) is 0 Å². The van der Waals surface area contributed by atoms with Crippen molar-refractivity contribution < 1.29 is 28.1 Å². The second-order valence-electron chi connectivity index (χ2n) is 7.09. The lowest BCUT2D eigenvalue weighted by Crippen LogP contribution is -2.21. The van der Waals surface area contributed by atoms with Gasteiger partial charge in [-0.3, -0.25) is 0 Å². The van der Waals surface area contributed by atoms with Crippen LogP contribution in [-0.4, -0.2) is 49.1 Å². The van der Waals surface area contributed by atoms with Crippen LogP contribution >= 0.6 is 34.5 Å². The van der Waals surface area contributed by atoms with Crippen LogP contribution in [-0.2, 0) is 6.18 Å². The molecular formula is C20H15Cl2F3N4O3S. The molecule has 4 rings (SSSR count). The van der Waals surface area contributed by atoms with Crippen molar-refractivity contribution in [1.29, 1.82) is 0 Å². The highest BCUT2D eigenvalue weighted by molar-refractivity contribution is 7.18. The molecule has 1 atom stereocenters. The second-order valence-corrected chi connectivity index (χ2v) is 8.88. The van der Waals surface area contributed by atoms with Gasteiger partial charge >= 0.3 is 6.18 Å². The largest absolute Gasteiger partial charge is 0.490 e. The van der Waals surface area contributed by atoms with Crippen LogP contribution in [0.5, 0.6) is 5.75 Å². The summed E-state index contributed by atoms with van der Waals surface area (Å²) in [6, 6.07) is 4.13. The molecule has 7 nitrogen and oxygen atoms in total. The Bertz CT molecular complexity index is 1330. The van der Waals surface area contributed by atoms with Crippen LogP contribution < -0.4 is 4.74 Å². The molecule has 0 fully saturated rings. The Morgan fingerprint density at radius 3 is 2.55 bits per heavy atom. The van der Waals surface area contributed by atoms with Crippen LogP contribution in [0.2, 0.25) is 10.0 Å². The van der Waals surface area contributed by atoms with Gasteiger partial charge in [-0.1, -0.05) is 34.5 Å². The van der Waals surface area contributed by atoms with Gasteiger partial charge < -0.3 is 19.4 Å². The zero-order chi connectivity index (χ0) is 23.9. The van der Waals surface area contributed by atoms with Crippen LogP contribution in [0.25, 0.3) is 26.9 Å². The van der Waals surface area contributed by atoms with Gasteiger partial charge in [-0.15, -0.1) is 10.2 Å². The number of ether oxygens (including phenoxy) is 1. The zero-order valence-electron chi connectivity index (χ0n) is 16.8. The molecular weight excluding hydrogens is 504 g/mol. The summed E-state index contributed by atoms with van der Waals surface area (Å²) in [5.74, 6) is 0.441. The summed E-state index contributed by atoms with van der Waals surface area (Å²) in [5, 5.41) is 27.6. The second kappa shape index (κ2) is 9.07. The van der Waals surface area contributed by atoms with Crippen molar-refractivity contribution >= 4 is 40.2 Å². The highest BCUT2D eigenvalue weighted by Crippen LogP contribution is 2.38. The summed E-state index contributed by atoms with van der Waals surface area (Å²) in [6.45, 7) is 1.26. The minimum absolute atomic E-state index is 0.0948. The van der Waals surface area contributed by atoms with E-state index in [1.54, 1.807) is 19.1 Å². The average Bonchev–Trinajstić information content (AvgIpc) is 3.40. The first-order valence-electron chi connectivity index (χ1n) is 9.38. The van der Waals surface area contributed by atoms with Gasteiger partial charge in [0.05, 0.1) is 22.2 Å². The van der Waals surface area contributed by atoms with Crippen LogP contribution in [0.3, 0.4) is 0 Å².